The van der Waals surface area contributed by atoms with E-state index in [1.54, 1.807) is 6.07 Å². The molecule has 1 N–H and O–H groups in total. The number of hydrogen-bond donors (Lipinski definition) is 1. The lowest BCUT2D eigenvalue weighted by Gasteiger charge is -2.21. The minimum atomic E-state index is -0.0800. The molecule has 0 radical (unpaired) electrons. The minimum absolute atomic E-state index is 0.0800. The summed E-state index contributed by atoms with van der Waals surface area (Å²) < 4.78 is 13.3. The molecule has 0 unspecified atom stereocenters. The zero-order chi connectivity index (χ0) is 22.6. The van der Waals surface area contributed by atoms with Gasteiger partial charge in [-0.15, -0.1) is 0 Å². The molecule has 0 atom stereocenters. The summed E-state index contributed by atoms with van der Waals surface area (Å²) in [5.74, 6) is 1.28. The summed E-state index contributed by atoms with van der Waals surface area (Å²) in [7, 11) is 0. The fourth-order valence-electron chi connectivity index (χ4n) is 4.04. The van der Waals surface area contributed by atoms with Crippen LogP contribution in [0.4, 0.5) is 5.69 Å². The number of imidazole rings is 1. The Labute approximate surface area is 192 Å². The maximum atomic E-state index is 12.8. The fraction of sp³-hybridized carbons (Fsp3) is 0.231. The Balaban J connectivity index is 1.35. The maximum absolute atomic E-state index is 12.8. The number of anilines is 1. The van der Waals surface area contributed by atoms with Gasteiger partial charge in [-0.3, -0.25) is 9.69 Å². The van der Waals surface area contributed by atoms with Gasteiger partial charge < -0.3 is 19.2 Å². The second-order valence-electron chi connectivity index (χ2n) is 7.91. The molecule has 1 aliphatic heterocycles. The van der Waals surface area contributed by atoms with E-state index in [1.165, 1.54) is 0 Å². The first-order valence-corrected chi connectivity index (χ1v) is 11.1. The molecule has 2 aromatic heterocycles. The third kappa shape index (κ3) is 4.54. The number of aromatic nitrogens is 2. The molecule has 2 aromatic carbocycles. The SMILES string of the molecule is CCN(CC(=O)Nc1ccc2c(c1)OCCO2)Cc1c(-c2ccccc2)nc2ccccn12. The highest BCUT2D eigenvalue weighted by atomic mass is 16.6. The Morgan fingerprint density at radius 1 is 1.03 bits per heavy atom. The number of likely N-dealkylation sites (N-methyl/N-ethyl adjacent to an activating group) is 1. The number of carbonyl (C=O) groups excluding carboxylic acids is 1. The summed E-state index contributed by atoms with van der Waals surface area (Å²) in [6, 6.07) is 21.6. The summed E-state index contributed by atoms with van der Waals surface area (Å²) in [6.07, 6.45) is 2.02. The summed E-state index contributed by atoms with van der Waals surface area (Å²) >= 11 is 0. The number of amides is 1. The molecular weight excluding hydrogens is 416 g/mol. The first kappa shape index (κ1) is 21.0. The van der Waals surface area contributed by atoms with Gasteiger partial charge >= 0.3 is 0 Å². The number of benzene rings is 2. The summed E-state index contributed by atoms with van der Waals surface area (Å²) in [6.45, 7) is 4.70. The topological polar surface area (TPSA) is 68.1 Å². The van der Waals surface area contributed by atoms with Crippen molar-refractivity contribution in [2.45, 2.75) is 13.5 Å². The van der Waals surface area contributed by atoms with Crippen molar-refractivity contribution < 1.29 is 14.3 Å². The number of fused-ring (bicyclic) bond motifs is 2. The minimum Gasteiger partial charge on any atom is -0.486 e. The summed E-state index contributed by atoms with van der Waals surface area (Å²) in [5.41, 5.74) is 4.65. The fourth-order valence-corrected chi connectivity index (χ4v) is 4.04. The molecule has 7 heteroatoms. The van der Waals surface area contributed by atoms with Crippen LogP contribution in [0, 0.1) is 0 Å². The smallest absolute Gasteiger partial charge is 0.238 e. The normalized spacial score (nSPS) is 12.8. The standard InChI is InChI=1S/C26H26N4O3/c1-2-29(18-25(31)27-20-11-12-22-23(16-20)33-15-14-32-22)17-21-26(19-8-4-3-5-9-19)28-24-10-6-7-13-30(21)24/h3-13,16H,2,14-15,17-18H2,1H3,(H,27,31). The number of hydrogen-bond acceptors (Lipinski definition) is 5. The predicted molar refractivity (Wildman–Crippen MR) is 128 cm³/mol. The van der Waals surface area contributed by atoms with Crippen LogP contribution in [0.3, 0.4) is 0 Å². The van der Waals surface area contributed by atoms with E-state index in [0.717, 1.165) is 29.1 Å². The van der Waals surface area contributed by atoms with Gasteiger partial charge in [0.2, 0.25) is 5.91 Å². The predicted octanol–water partition coefficient (Wildman–Crippen LogP) is 4.23. The van der Waals surface area contributed by atoms with Gasteiger partial charge in [0, 0.05) is 30.1 Å². The van der Waals surface area contributed by atoms with Crippen molar-refractivity contribution in [2.75, 3.05) is 31.6 Å². The zero-order valence-corrected chi connectivity index (χ0v) is 18.5. The van der Waals surface area contributed by atoms with Crippen molar-refractivity contribution in [3.05, 3.63) is 78.6 Å². The van der Waals surface area contributed by atoms with Gasteiger partial charge in [0.15, 0.2) is 11.5 Å². The van der Waals surface area contributed by atoms with Gasteiger partial charge in [0.1, 0.15) is 18.9 Å². The van der Waals surface area contributed by atoms with E-state index in [4.69, 9.17) is 14.5 Å². The van der Waals surface area contributed by atoms with Crippen molar-refractivity contribution in [3.63, 3.8) is 0 Å². The number of pyridine rings is 1. The Morgan fingerprint density at radius 3 is 2.64 bits per heavy atom. The lowest BCUT2D eigenvalue weighted by Crippen LogP contribution is -2.33. The van der Waals surface area contributed by atoms with E-state index in [-0.39, 0.29) is 12.5 Å². The lowest BCUT2D eigenvalue weighted by atomic mass is 10.1. The Bertz CT molecular complexity index is 1270. The summed E-state index contributed by atoms with van der Waals surface area (Å²) in [5, 5.41) is 2.98. The van der Waals surface area contributed by atoms with E-state index in [9.17, 15) is 4.79 Å². The van der Waals surface area contributed by atoms with Crippen molar-refractivity contribution >= 4 is 17.2 Å². The Hall–Kier alpha value is -3.84. The lowest BCUT2D eigenvalue weighted by molar-refractivity contribution is -0.117. The highest BCUT2D eigenvalue weighted by Gasteiger charge is 2.19. The third-order valence-corrected chi connectivity index (χ3v) is 5.69. The average molecular weight is 443 g/mol. The van der Waals surface area contributed by atoms with Crippen molar-refractivity contribution in [1.82, 2.24) is 14.3 Å². The number of nitrogens with one attached hydrogen (secondary N) is 1. The first-order valence-electron chi connectivity index (χ1n) is 11.1. The number of ether oxygens (including phenoxy) is 2. The van der Waals surface area contributed by atoms with Crippen molar-refractivity contribution in [1.29, 1.82) is 0 Å². The van der Waals surface area contributed by atoms with E-state index in [2.05, 4.69) is 33.7 Å². The highest BCUT2D eigenvalue weighted by Crippen LogP contribution is 2.32. The molecule has 3 heterocycles. The van der Waals surface area contributed by atoms with Gasteiger partial charge in [-0.25, -0.2) is 4.98 Å². The summed E-state index contributed by atoms with van der Waals surface area (Å²) in [4.78, 5) is 19.8. The molecule has 0 aliphatic carbocycles. The van der Waals surface area contributed by atoms with E-state index >= 15 is 0 Å². The number of rotatable bonds is 7. The largest absolute Gasteiger partial charge is 0.486 e. The van der Waals surface area contributed by atoms with Crippen LogP contribution in [0.25, 0.3) is 16.9 Å². The molecule has 0 saturated carbocycles. The zero-order valence-electron chi connectivity index (χ0n) is 18.5. The van der Waals surface area contributed by atoms with Crippen LogP contribution >= 0.6 is 0 Å². The van der Waals surface area contributed by atoms with Crippen LogP contribution in [0.15, 0.2) is 72.9 Å². The van der Waals surface area contributed by atoms with Crippen LogP contribution in [0.5, 0.6) is 11.5 Å². The molecule has 168 valence electrons. The average Bonchev–Trinajstić information content (AvgIpc) is 3.22. The monoisotopic (exact) mass is 442 g/mol. The molecule has 0 bridgehead atoms. The van der Waals surface area contributed by atoms with Gasteiger partial charge in [-0.1, -0.05) is 43.3 Å². The van der Waals surface area contributed by atoms with Gasteiger partial charge in [-0.05, 0) is 30.8 Å². The van der Waals surface area contributed by atoms with Crippen LogP contribution in [-0.2, 0) is 11.3 Å². The molecule has 0 saturated heterocycles. The second kappa shape index (κ2) is 9.34. The molecule has 7 nitrogen and oxygen atoms in total. The van der Waals surface area contributed by atoms with Crippen LogP contribution < -0.4 is 14.8 Å². The van der Waals surface area contributed by atoms with Crippen molar-refractivity contribution in [3.8, 4) is 22.8 Å². The van der Waals surface area contributed by atoms with Gasteiger partial charge in [0.25, 0.3) is 0 Å². The maximum Gasteiger partial charge on any atom is 0.238 e. The molecule has 33 heavy (non-hydrogen) atoms. The van der Waals surface area contributed by atoms with Crippen LogP contribution in [0.2, 0.25) is 0 Å². The van der Waals surface area contributed by atoms with Crippen molar-refractivity contribution in [2.24, 2.45) is 0 Å². The number of nitrogens with zero attached hydrogens (tertiary/aromatic N) is 3. The molecule has 1 amide bonds. The quantitative estimate of drug-likeness (QED) is 0.464. The van der Waals surface area contributed by atoms with Crippen LogP contribution in [0.1, 0.15) is 12.6 Å². The highest BCUT2D eigenvalue weighted by molar-refractivity contribution is 5.92. The Morgan fingerprint density at radius 2 is 1.82 bits per heavy atom. The van der Waals surface area contributed by atoms with Gasteiger partial charge in [-0.2, -0.15) is 0 Å². The molecule has 4 aromatic rings. The second-order valence-corrected chi connectivity index (χ2v) is 7.91. The van der Waals surface area contributed by atoms with Gasteiger partial charge in [0.05, 0.1) is 17.9 Å². The molecule has 0 spiro atoms. The van der Waals surface area contributed by atoms with E-state index in [0.29, 0.717) is 36.9 Å². The number of carbonyl (C=O) groups is 1. The van der Waals surface area contributed by atoms with E-state index in [1.807, 2.05) is 54.7 Å². The third-order valence-electron chi connectivity index (χ3n) is 5.69. The Kier molecular flexibility index (Phi) is 5.95. The molecule has 0 fully saturated rings. The molecule has 5 rings (SSSR count). The molecular formula is C26H26N4O3. The van der Waals surface area contributed by atoms with E-state index < -0.39 is 0 Å². The first-order chi connectivity index (χ1) is 16.2. The molecule has 1 aliphatic rings. The van der Waals surface area contributed by atoms with Crippen LogP contribution in [-0.4, -0.2) is 46.5 Å².